The Balaban J connectivity index is 1.46. The van der Waals surface area contributed by atoms with Crippen LogP contribution in [0.2, 0.25) is 0 Å². The quantitative estimate of drug-likeness (QED) is 0.790. The molecule has 0 saturated heterocycles. The Kier molecular flexibility index (Phi) is 5.88. The van der Waals surface area contributed by atoms with E-state index in [9.17, 15) is 9.59 Å². The summed E-state index contributed by atoms with van der Waals surface area (Å²) in [5.41, 5.74) is 5.28. The lowest BCUT2D eigenvalue weighted by Crippen LogP contribution is -2.40. The summed E-state index contributed by atoms with van der Waals surface area (Å²) < 4.78 is 0. The fraction of sp³-hybridized carbons (Fsp3) is 0.435. The molecule has 0 radical (unpaired) electrons. The standard InChI is InChI=1S/C23H27N5O2/c1-15-10-26-21(13-24-15)22(29)27-12-20-16(2)25-11-18-14-28(9-8-19(18)20)23(30)17-6-4-3-5-7-17/h3-4,10-11,13,17H,5-9,12,14H2,1-2H3,(H,27,29). The number of allylic oxidation sites excluding steroid dienone is 2. The van der Waals surface area contributed by atoms with Crippen LogP contribution < -0.4 is 5.32 Å². The van der Waals surface area contributed by atoms with E-state index in [1.165, 1.54) is 11.8 Å². The number of aromatic nitrogens is 3. The van der Waals surface area contributed by atoms with Gasteiger partial charge in [0.1, 0.15) is 5.69 Å². The van der Waals surface area contributed by atoms with E-state index in [4.69, 9.17) is 0 Å². The van der Waals surface area contributed by atoms with E-state index in [2.05, 4.69) is 32.4 Å². The molecule has 1 N–H and O–H groups in total. The van der Waals surface area contributed by atoms with Crippen molar-refractivity contribution < 1.29 is 9.59 Å². The number of carbonyl (C=O) groups excluding carboxylic acids is 2. The number of rotatable bonds is 4. The number of amides is 2. The molecule has 156 valence electrons. The van der Waals surface area contributed by atoms with Gasteiger partial charge in [0.25, 0.3) is 5.91 Å². The average Bonchev–Trinajstić information content (AvgIpc) is 2.78. The number of aryl methyl sites for hydroxylation is 2. The highest BCUT2D eigenvalue weighted by Crippen LogP contribution is 2.27. The maximum atomic E-state index is 12.9. The van der Waals surface area contributed by atoms with Crippen molar-refractivity contribution in [3.63, 3.8) is 0 Å². The summed E-state index contributed by atoms with van der Waals surface area (Å²) in [4.78, 5) is 40.1. The summed E-state index contributed by atoms with van der Waals surface area (Å²) in [6.07, 6.45) is 12.8. The van der Waals surface area contributed by atoms with Crippen molar-refractivity contribution in [1.82, 2.24) is 25.2 Å². The maximum absolute atomic E-state index is 12.9. The molecule has 30 heavy (non-hydrogen) atoms. The monoisotopic (exact) mass is 405 g/mol. The summed E-state index contributed by atoms with van der Waals surface area (Å²) in [5, 5.41) is 2.94. The van der Waals surface area contributed by atoms with Crippen molar-refractivity contribution in [1.29, 1.82) is 0 Å². The molecule has 1 aliphatic heterocycles. The van der Waals surface area contributed by atoms with E-state index >= 15 is 0 Å². The van der Waals surface area contributed by atoms with Gasteiger partial charge in [-0.25, -0.2) is 4.98 Å². The van der Waals surface area contributed by atoms with Gasteiger partial charge in [-0.1, -0.05) is 12.2 Å². The Morgan fingerprint density at radius 3 is 2.73 bits per heavy atom. The minimum atomic E-state index is -0.252. The SMILES string of the molecule is Cc1cnc(C(=O)NCc2c(C)ncc3c2CCN(C(=O)C2CC=CCC2)C3)cn1. The zero-order valence-electron chi connectivity index (χ0n) is 17.5. The zero-order chi connectivity index (χ0) is 21.1. The van der Waals surface area contributed by atoms with E-state index in [1.807, 2.05) is 24.9 Å². The molecule has 0 bridgehead atoms. The van der Waals surface area contributed by atoms with Crippen molar-refractivity contribution in [3.8, 4) is 0 Å². The van der Waals surface area contributed by atoms with Gasteiger partial charge >= 0.3 is 0 Å². The number of pyridine rings is 1. The zero-order valence-corrected chi connectivity index (χ0v) is 17.5. The van der Waals surface area contributed by atoms with E-state index in [-0.39, 0.29) is 17.7 Å². The van der Waals surface area contributed by atoms with Gasteiger partial charge in [0, 0.05) is 43.6 Å². The number of hydrogen-bond acceptors (Lipinski definition) is 5. The molecule has 1 atom stereocenters. The van der Waals surface area contributed by atoms with Crippen LogP contribution in [-0.2, 0) is 24.3 Å². The third-order valence-corrected chi connectivity index (χ3v) is 5.96. The van der Waals surface area contributed by atoms with Crippen molar-refractivity contribution >= 4 is 11.8 Å². The van der Waals surface area contributed by atoms with Gasteiger partial charge in [-0.05, 0) is 56.2 Å². The minimum absolute atomic E-state index is 0.101. The molecule has 0 fully saturated rings. The second-order valence-electron chi connectivity index (χ2n) is 8.04. The first kappa shape index (κ1) is 20.2. The van der Waals surface area contributed by atoms with Crippen LogP contribution in [0, 0.1) is 19.8 Å². The highest BCUT2D eigenvalue weighted by Gasteiger charge is 2.28. The van der Waals surface area contributed by atoms with Gasteiger partial charge in [-0.3, -0.25) is 19.6 Å². The molecular weight excluding hydrogens is 378 g/mol. The third-order valence-electron chi connectivity index (χ3n) is 5.96. The van der Waals surface area contributed by atoms with Crippen LogP contribution in [0.15, 0.2) is 30.7 Å². The predicted octanol–water partition coefficient (Wildman–Crippen LogP) is 2.66. The van der Waals surface area contributed by atoms with E-state index in [1.54, 1.807) is 6.20 Å². The molecular formula is C23H27N5O2. The second kappa shape index (κ2) is 8.73. The molecule has 0 saturated carbocycles. The fourth-order valence-electron chi connectivity index (χ4n) is 4.19. The Morgan fingerprint density at radius 1 is 1.13 bits per heavy atom. The summed E-state index contributed by atoms with van der Waals surface area (Å²) in [5.74, 6) is 0.0974. The highest BCUT2D eigenvalue weighted by molar-refractivity contribution is 5.91. The molecule has 0 spiro atoms. The maximum Gasteiger partial charge on any atom is 0.271 e. The first-order valence-corrected chi connectivity index (χ1v) is 10.5. The fourth-order valence-corrected chi connectivity index (χ4v) is 4.19. The van der Waals surface area contributed by atoms with Crippen LogP contribution in [0.4, 0.5) is 0 Å². The molecule has 7 heteroatoms. The smallest absolute Gasteiger partial charge is 0.271 e. The van der Waals surface area contributed by atoms with Crippen LogP contribution in [0.1, 0.15) is 57.8 Å². The lowest BCUT2D eigenvalue weighted by atomic mass is 9.90. The molecule has 7 nitrogen and oxygen atoms in total. The van der Waals surface area contributed by atoms with Crippen LogP contribution in [-0.4, -0.2) is 38.2 Å². The number of nitrogens with one attached hydrogen (secondary N) is 1. The molecule has 3 heterocycles. The topological polar surface area (TPSA) is 88.1 Å². The summed E-state index contributed by atoms with van der Waals surface area (Å²) in [6, 6.07) is 0. The Bertz CT molecular complexity index is 984. The van der Waals surface area contributed by atoms with Gasteiger partial charge in [-0.2, -0.15) is 0 Å². The normalized spacial score (nSPS) is 18.1. The molecule has 2 aliphatic rings. The van der Waals surface area contributed by atoms with Gasteiger partial charge in [0.2, 0.25) is 5.91 Å². The lowest BCUT2D eigenvalue weighted by Gasteiger charge is -2.33. The van der Waals surface area contributed by atoms with Crippen molar-refractivity contribution in [2.24, 2.45) is 5.92 Å². The number of fused-ring (bicyclic) bond motifs is 1. The lowest BCUT2D eigenvalue weighted by molar-refractivity contribution is -0.136. The second-order valence-corrected chi connectivity index (χ2v) is 8.04. The van der Waals surface area contributed by atoms with Gasteiger partial charge in [0.05, 0.1) is 11.9 Å². The number of nitrogens with zero attached hydrogens (tertiary/aromatic N) is 4. The summed E-state index contributed by atoms with van der Waals surface area (Å²) >= 11 is 0. The average molecular weight is 406 g/mol. The molecule has 2 amide bonds. The van der Waals surface area contributed by atoms with Gasteiger partial charge in [-0.15, -0.1) is 0 Å². The first-order valence-electron chi connectivity index (χ1n) is 10.5. The number of carbonyl (C=O) groups is 2. The van der Waals surface area contributed by atoms with E-state index < -0.39 is 0 Å². The largest absolute Gasteiger partial charge is 0.346 e. The van der Waals surface area contributed by atoms with E-state index in [0.717, 1.165) is 48.2 Å². The van der Waals surface area contributed by atoms with Crippen LogP contribution in [0.5, 0.6) is 0 Å². The van der Waals surface area contributed by atoms with Crippen LogP contribution >= 0.6 is 0 Å². The van der Waals surface area contributed by atoms with Crippen molar-refractivity contribution in [3.05, 3.63) is 64.5 Å². The summed E-state index contributed by atoms with van der Waals surface area (Å²) in [6.45, 7) is 5.47. The Labute approximate surface area is 176 Å². The first-order chi connectivity index (χ1) is 14.5. The van der Waals surface area contributed by atoms with Crippen molar-refractivity contribution in [2.45, 2.75) is 52.6 Å². The van der Waals surface area contributed by atoms with Gasteiger partial charge in [0.15, 0.2) is 0 Å². The predicted molar refractivity (Wildman–Crippen MR) is 113 cm³/mol. The molecule has 1 unspecified atom stereocenters. The molecule has 2 aromatic heterocycles. The minimum Gasteiger partial charge on any atom is -0.346 e. The molecule has 1 aliphatic carbocycles. The number of hydrogen-bond donors (Lipinski definition) is 1. The van der Waals surface area contributed by atoms with Crippen LogP contribution in [0.25, 0.3) is 0 Å². The van der Waals surface area contributed by atoms with Crippen molar-refractivity contribution in [2.75, 3.05) is 6.54 Å². The summed E-state index contributed by atoms with van der Waals surface area (Å²) in [7, 11) is 0. The molecule has 2 aromatic rings. The van der Waals surface area contributed by atoms with E-state index in [0.29, 0.717) is 25.3 Å². The molecule has 0 aromatic carbocycles. The molecule has 4 rings (SSSR count). The van der Waals surface area contributed by atoms with Gasteiger partial charge < -0.3 is 10.2 Å². The third kappa shape index (κ3) is 4.25. The van der Waals surface area contributed by atoms with Crippen LogP contribution in [0.3, 0.4) is 0 Å². The Morgan fingerprint density at radius 2 is 2.00 bits per heavy atom. The highest BCUT2D eigenvalue weighted by atomic mass is 16.2. The Hall–Kier alpha value is -3.09.